The molecule has 3 heteroatoms. The molecule has 2 rings (SSSR count). The van der Waals surface area contributed by atoms with Gasteiger partial charge in [0.05, 0.1) is 19.8 Å². The highest BCUT2D eigenvalue weighted by molar-refractivity contribution is 5.50. The highest BCUT2D eigenvalue weighted by atomic mass is 16.5. The van der Waals surface area contributed by atoms with Gasteiger partial charge in [-0.2, -0.15) is 5.26 Å². The van der Waals surface area contributed by atoms with E-state index < -0.39 is 5.41 Å². The van der Waals surface area contributed by atoms with E-state index in [2.05, 4.69) is 26.5 Å². The molecule has 0 spiro atoms. The van der Waals surface area contributed by atoms with Crippen molar-refractivity contribution < 1.29 is 9.47 Å². The summed E-state index contributed by atoms with van der Waals surface area (Å²) in [7, 11) is 1.65. The third-order valence-electron chi connectivity index (χ3n) is 5.40. The SMILES string of the molecule is C=CC1(C#N)C=CC=CC1c1cc(OC)ccc1OCC(CC)CCCC. The molecule has 3 atom stereocenters. The predicted molar refractivity (Wildman–Crippen MR) is 111 cm³/mol. The molecule has 0 radical (unpaired) electrons. The smallest absolute Gasteiger partial charge is 0.123 e. The first-order chi connectivity index (χ1) is 13.1. The second-order valence-corrected chi connectivity index (χ2v) is 7.10. The van der Waals surface area contributed by atoms with Crippen LogP contribution in [-0.4, -0.2) is 13.7 Å². The average Bonchev–Trinajstić information content (AvgIpc) is 2.73. The molecule has 0 saturated carbocycles. The normalized spacial score (nSPS) is 22.1. The van der Waals surface area contributed by atoms with Crippen molar-refractivity contribution in [3.05, 3.63) is 60.7 Å². The van der Waals surface area contributed by atoms with Gasteiger partial charge in [-0.1, -0.05) is 63.5 Å². The maximum Gasteiger partial charge on any atom is 0.123 e. The van der Waals surface area contributed by atoms with Crippen LogP contribution in [0.25, 0.3) is 0 Å². The fraction of sp³-hybridized carbons (Fsp3) is 0.458. The maximum absolute atomic E-state index is 9.87. The average molecular weight is 366 g/mol. The van der Waals surface area contributed by atoms with Crippen LogP contribution >= 0.6 is 0 Å². The Balaban J connectivity index is 2.34. The fourth-order valence-electron chi connectivity index (χ4n) is 3.50. The molecule has 0 N–H and O–H groups in total. The van der Waals surface area contributed by atoms with Gasteiger partial charge in [-0.05, 0) is 30.5 Å². The van der Waals surface area contributed by atoms with E-state index in [4.69, 9.17) is 9.47 Å². The number of rotatable bonds is 10. The number of unbranched alkanes of at least 4 members (excludes halogenated alkanes) is 1. The van der Waals surface area contributed by atoms with Gasteiger partial charge in [-0.3, -0.25) is 0 Å². The van der Waals surface area contributed by atoms with Gasteiger partial charge in [-0.25, -0.2) is 0 Å². The minimum absolute atomic E-state index is 0.161. The van der Waals surface area contributed by atoms with Crippen LogP contribution in [0.4, 0.5) is 0 Å². The van der Waals surface area contributed by atoms with Crippen LogP contribution in [0.15, 0.2) is 55.2 Å². The molecule has 0 saturated heterocycles. The molecule has 1 aromatic rings. The summed E-state index contributed by atoms with van der Waals surface area (Å²) in [6.07, 6.45) is 14.3. The van der Waals surface area contributed by atoms with Crippen molar-refractivity contribution in [3.8, 4) is 17.6 Å². The monoisotopic (exact) mass is 365 g/mol. The van der Waals surface area contributed by atoms with E-state index in [1.807, 2.05) is 42.5 Å². The van der Waals surface area contributed by atoms with Crippen molar-refractivity contribution in [2.45, 2.75) is 45.4 Å². The van der Waals surface area contributed by atoms with Gasteiger partial charge in [0.25, 0.3) is 0 Å². The van der Waals surface area contributed by atoms with Gasteiger partial charge < -0.3 is 9.47 Å². The molecule has 1 aliphatic rings. The van der Waals surface area contributed by atoms with E-state index in [0.29, 0.717) is 12.5 Å². The molecule has 1 aliphatic carbocycles. The third kappa shape index (κ3) is 4.83. The molecule has 0 fully saturated rings. The lowest BCUT2D eigenvalue weighted by Gasteiger charge is -2.31. The Morgan fingerprint density at radius 3 is 2.78 bits per heavy atom. The number of nitriles is 1. The van der Waals surface area contributed by atoms with E-state index in [1.54, 1.807) is 13.2 Å². The minimum Gasteiger partial charge on any atom is -0.497 e. The number of methoxy groups -OCH3 is 1. The van der Waals surface area contributed by atoms with E-state index in [-0.39, 0.29) is 5.92 Å². The van der Waals surface area contributed by atoms with Gasteiger partial charge in [-0.15, -0.1) is 6.58 Å². The van der Waals surface area contributed by atoms with Crippen molar-refractivity contribution in [2.75, 3.05) is 13.7 Å². The Morgan fingerprint density at radius 2 is 2.15 bits per heavy atom. The minimum atomic E-state index is -0.786. The molecule has 0 bridgehead atoms. The van der Waals surface area contributed by atoms with Crippen molar-refractivity contribution in [1.29, 1.82) is 5.26 Å². The van der Waals surface area contributed by atoms with Crippen LogP contribution in [0, 0.1) is 22.7 Å². The van der Waals surface area contributed by atoms with Gasteiger partial charge in [0, 0.05) is 11.5 Å². The molecule has 0 aromatic heterocycles. The summed E-state index contributed by atoms with van der Waals surface area (Å²) in [5.74, 6) is 1.96. The quantitative estimate of drug-likeness (QED) is 0.464. The van der Waals surface area contributed by atoms with Gasteiger partial charge in [0.2, 0.25) is 0 Å². The highest BCUT2D eigenvalue weighted by Gasteiger charge is 2.36. The summed E-state index contributed by atoms with van der Waals surface area (Å²) in [5.41, 5.74) is 0.174. The molecular weight excluding hydrogens is 334 g/mol. The second kappa shape index (κ2) is 10.0. The topological polar surface area (TPSA) is 42.2 Å². The van der Waals surface area contributed by atoms with Crippen molar-refractivity contribution >= 4 is 0 Å². The summed E-state index contributed by atoms with van der Waals surface area (Å²) in [5, 5.41) is 9.87. The standard InChI is InChI=1S/C24H31NO2/c1-5-8-11-19(6-2)17-27-23-14-13-20(26-4)16-21(23)22-12-9-10-15-24(22,7-3)18-25/h7,9-10,12-16,19,22H,3,5-6,8,11,17H2,1-2,4H3. The summed E-state index contributed by atoms with van der Waals surface area (Å²) in [6, 6.07) is 8.28. The van der Waals surface area contributed by atoms with Crippen LogP contribution in [0.2, 0.25) is 0 Å². The molecule has 1 aromatic carbocycles. The zero-order valence-corrected chi connectivity index (χ0v) is 16.8. The number of hydrogen-bond acceptors (Lipinski definition) is 3. The molecule has 0 amide bonds. The summed E-state index contributed by atoms with van der Waals surface area (Å²) in [6.45, 7) is 9.04. The van der Waals surface area contributed by atoms with Crippen molar-refractivity contribution in [1.82, 2.24) is 0 Å². The van der Waals surface area contributed by atoms with E-state index in [1.165, 1.54) is 19.3 Å². The van der Waals surface area contributed by atoms with Crippen LogP contribution in [-0.2, 0) is 0 Å². The lowest BCUT2D eigenvalue weighted by molar-refractivity contribution is 0.230. The molecule has 0 heterocycles. The summed E-state index contributed by atoms with van der Waals surface area (Å²) >= 11 is 0. The summed E-state index contributed by atoms with van der Waals surface area (Å²) < 4.78 is 11.7. The van der Waals surface area contributed by atoms with Crippen LogP contribution in [0.1, 0.15) is 51.0 Å². The van der Waals surface area contributed by atoms with Gasteiger partial charge >= 0.3 is 0 Å². The van der Waals surface area contributed by atoms with E-state index in [0.717, 1.165) is 23.5 Å². The second-order valence-electron chi connectivity index (χ2n) is 7.10. The lowest BCUT2D eigenvalue weighted by atomic mass is 9.70. The van der Waals surface area contributed by atoms with E-state index in [9.17, 15) is 5.26 Å². The third-order valence-corrected chi connectivity index (χ3v) is 5.40. The van der Waals surface area contributed by atoms with Crippen LogP contribution in [0.3, 0.4) is 0 Å². The summed E-state index contributed by atoms with van der Waals surface area (Å²) in [4.78, 5) is 0. The fourth-order valence-corrected chi connectivity index (χ4v) is 3.50. The Bertz CT molecular complexity index is 728. The zero-order valence-electron chi connectivity index (χ0n) is 16.8. The molecule has 3 unspecified atom stereocenters. The number of nitrogens with zero attached hydrogens (tertiary/aromatic N) is 1. The van der Waals surface area contributed by atoms with Gasteiger partial charge in [0.1, 0.15) is 16.9 Å². The largest absolute Gasteiger partial charge is 0.497 e. The first-order valence-electron chi connectivity index (χ1n) is 9.85. The molecule has 27 heavy (non-hydrogen) atoms. The van der Waals surface area contributed by atoms with Crippen molar-refractivity contribution in [2.24, 2.45) is 11.3 Å². The molecule has 144 valence electrons. The number of ether oxygens (including phenoxy) is 2. The Kier molecular flexibility index (Phi) is 7.73. The highest BCUT2D eigenvalue weighted by Crippen LogP contribution is 2.45. The zero-order chi connectivity index (χ0) is 19.7. The molecule has 3 nitrogen and oxygen atoms in total. The Morgan fingerprint density at radius 1 is 1.33 bits per heavy atom. The maximum atomic E-state index is 9.87. The molecular formula is C24H31NO2. The van der Waals surface area contributed by atoms with E-state index >= 15 is 0 Å². The predicted octanol–water partition coefficient (Wildman–Crippen LogP) is 6.20. The number of allylic oxidation sites excluding steroid dienone is 5. The number of benzene rings is 1. The van der Waals surface area contributed by atoms with Crippen LogP contribution < -0.4 is 9.47 Å². The Hall–Kier alpha value is -2.47. The number of hydrogen-bond donors (Lipinski definition) is 0. The van der Waals surface area contributed by atoms with Gasteiger partial charge in [0.15, 0.2) is 0 Å². The van der Waals surface area contributed by atoms with Crippen LogP contribution in [0.5, 0.6) is 11.5 Å². The van der Waals surface area contributed by atoms with Crippen molar-refractivity contribution in [3.63, 3.8) is 0 Å². The first-order valence-corrected chi connectivity index (χ1v) is 9.85. The lowest BCUT2D eigenvalue weighted by Crippen LogP contribution is -2.24. The molecule has 0 aliphatic heterocycles. The first kappa shape index (κ1) is 20.8. The Labute approximate surface area is 164 Å².